The lowest BCUT2D eigenvalue weighted by molar-refractivity contribution is 0.154. The Balaban J connectivity index is 2.49. The summed E-state index contributed by atoms with van der Waals surface area (Å²) in [5.74, 6) is 0.598. The van der Waals surface area contributed by atoms with E-state index >= 15 is 0 Å². The summed E-state index contributed by atoms with van der Waals surface area (Å²) in [7, 11) is 3.76. The number of aromatic nitrogens is 2. The molecule has 1 atom stereocenters. The normalized spacial score (nSPS) is 12.8. The summed E-state index contributed by atoms with van der Waals surface area (Å²) >= 11 is 0. The number of nitrogens with zero attached hydrogens (tertiary/aromatic N) is 3. The molecule has 16 heavy (non-hydrogen) atoms. The first kappa shape index (κ1) is 12.9. The molecule has 0 saturated carbocycles. The van der Waals surface area contributed by atoms with E-state index in [0.717, 1.165) is 13.2 Å². The smallest absolute Gasteiger partial charge is 0.318 e. The number of rotatable bonds is 7. The molecule has 0 spiro atoms. The monoisotopic (exact) mass is 228 g/mol. The Hall–Kier alpha value is -1.14. The summed E-state index contributed by atoms with van der Waals surface area (Å²) < 4.78 is 10.8. The minimum atomic E-state index is 0.0709. The van der Waals surface area contributed by atoms with Gasteiger partial charge in [-0.1, -0.05) is 5.10 Å². The summed E-state index contributed by atoms with van der Waals surface area (Å²) in [5.41, 5.74) is 0. The van der Waals surface area contributed by atoms with Crippen LogP contribution in [0.15, 0.2) is 4.42 Å². The van der Waals surface area contributed by atoms with Crippen LogP contribution in [0, 0.1) is 0 Å². The topological polar surface area (TPSA) is 63.4 Å². The van der Waals surface area contributed by atoms with Crippen molar-refractivity contribution in [2.75, 3.05) is 38.8 Å². The molecular formula is C10H20N4O2. The lowest BCUT2D eigenvalue weighted by atomic mass is 10.3. The zero-order valence-corrected chi connectivity index (χ0v) is 10.4. The van der Waals surface area contributed by atoms with Crippen molar-refractivity contribution < 1.29 is 9.15 Å². The molecule has 1 aromatic heterocycles. The minimum absolute atomic E-state index is 0.0709. The molecule has 0 aliphatic heterocycles. The first-order valence-electron chi connectivity index (χ1n) is 5.48. The molecule has 1 N–H and O–H groups in total. The molecule has 0 aliphatic carbocycles. The summed E-state index contributed by atoms with van der Waals surface area (Å²) in [6, 6.07) is 0.596. The maximum absolute atomic E-state index is 5.51. The van der Waals surface area contributed by atoms with E-state index in [2.05, 4.69) is 15.5 Å². The highest BCUT2D eigenvalue weighted by molar-refractivity contribution is 5.21. The van der Waals surface area contributed by atoms with Crippen LogP contribution in [-0.4, -0.2) is 44.1 Å². The molecule has 0 radical (unpaired) electrons. The van der Waals surface area contributed by atoms with Gasteiger partial charge in [0, 0.05) is 20.2 Å². The van der Waals surface area contributed by atoms with E-state index in [4.69, 9.17) is 9.15 Å². The summed E-state index contributed by atoms with van der Waals surface area (Å²) in [5, 5.41) is 11.0. The van der Waals surface area contributed by atoms with Gasteiger partial charge in [-0.2, -0.15) is 0 Å². The van der Waals surface area contributed by atoms with E-state index in [9.17, 15) is 0 Å². The zero-order chi connectivity index (χ0) is 12.0. The third-order valence-corrected chi connectivity index (χ3v) is 2.34. The van der Waals surface area contributed by atoms with Crippen LogP contribution < -0.4 is 10.2 Å². The van der Waals surface area contributed by atoms with Crippen molar-refractivity contribution >= 4 is 6.01 Å². The largest absolute Gasteiger partial charge is 0.406 e. The second-order valence-electron chi connectivity index (χ2n) is 3.55. The Morgan fingerprint density at radius 2 is 2.25 bits per heavy atom. The van der Waals surface area contributed by atoms with Crippen LogP contribution in [0.25, 0.3) is 0 Å². The SMILES string of the molecule is CCOCCN(C)c1nnc(C(C)NC)o1. The standard InChI is InChI=1S/C10H20N4O2/c1-5-15-7-6-14(4)10-13-12-9(16-10)8(2)11-3/h8,11H,5-7H2,1-4H3. The summed E-state index contributed by atoms with van der Waals surface area (Å²) in [4.78, 5) is 1.88. The molecule has 6 nitrogen and oxygen atoms in total. The van der Waals surface area contributed by atoms with Crippen molar-refractivity contribution in [2.24, 2.45) is 0 Å². The summed E-state index contributed by atoms with van der Waals surface area (Å²) in [6.07, 6.45) is 0. The minimum Gasteiger partial charge on any atom is -0.406 e. The van der Waals surface area contributed by atoms with Crippen LogP contribution in [0.4, 0.5) is 6.01 Å². The first-order chi connectivity index (χ1) is 7.69. The Labute approximate surface area is 96.0 Å². The lowest BCUT2D eigenvalue weighted by Gasteiger charge is -2.13. The molecule has 0 aliphatic rings. The fourth-order valence-electron chi connectivity index (χ4n) is 1.12. The molecular weight excluding hydrogens is 208 g/mol. The molecule has 1 rings (SSSR count). The molecule has 6 heteroatoms. The number of anilines is 1. The van der Waals surface area contributed by atoms with Gasteiger partial charge < -0.3 is 19.4 Å². The first-order valence-corrected chi connectivity index (χ1v) is 5.48. The Bertz CT molecular complexity index is 303. The molecule has 0 aromatic carbocycles. The number of nitrogens with one attached hydrogen (secondary N) is 1. The highest BCUT2D eigenvalue weighted by Gasteiger charge is 2.14. The van der Waals surface area contributed by atoms with Gasteiger partial charge in [0.05, 0.1) is 12.6 Å². The predicted octanol–water partition coefficient (Wildman–Crippen LogP) is 0.823. The van der Waals surface area contributed by atoms with Crippen molar-refractivity contribution in [2.45, 2.75) is 19.9 Å². The van der Waals surface area contributed by atoms with Gasteiger partial charge in [0.25, 0.3) is 0 Å². The van der Waals surface area contributed by atoms with Crippen LogP contribution in [0.2, 0.25) is 0 Å². The van der Waals surface area contributed by atoms with Crippen molar-refractivity contribution in [3.05, 3.63) is 5.89 Å². The van der Waals surface area contributed by atoms with Crippen LogP contribution in [0.3, 0.4) is 0 Å². The van der Waals surface area contributed by atoms with Crippen molar-refractivity contribution in [3.63, 3.8) is 0 Å². The van der Waals surface area contributed by atoms with Gasteiger partial charge in [-0.25, -0.2) is 0 Å². The van der Waals surface area contributed by atoms with Gasteiger partial charge >= 0.3 is 6.01 Å². The van der Waals surface area contributed by atoms with Crippen LogP contribution in [0.1, 0.15) is 25.8 Å². The third-order valence-electron chi connectivity index (χ3n) is 2.34. The van der Waals surface area contributed by atoms with E-state index in [0.29, 0.717) is 18.5 Å². The number of hydrogen-bond donors (Lipinski definition) is 1. The fraction of sp³-hybridized carbons (Fsp3) is 0.800. The van der Waals surface area contributed by atoms with Crippen molar-refractivity contribution in [1.82, 2.24) is 15.5 Å². The predicted molar refractivity (Wildman–Crippen MR) is 61.5 cm³/mol. The second-order valence-corrected chi connectivity index (χ2v) is 3.55. The average molecular weight is 228 g/mol. The lowest BCUT2D eigenvalue weighted by Crippen LogP contribution is -2.22. The van der Waals surface area contributed by atoms with E-state index < -0.39 is 0 Å². The Morgan fingerprint density at radius 3 is 2.88 bits per heavy atom. The Morgan fingerprint density at radius 1 is 1.50 bits per heavy atom. The van der Waals surface area contributed by atoms with Gasteiger partial charge in [0.2, 0.25) is 5.89 Å². The number of ether oxygens (including phenoxy) is 1. The fourth-order valence-corrected chi connectivity index (χ4v) is 1.12. The third kappa shape index (κ3) is 3.46. The second kappa shape index (κ2) is 6.44. The summed E-state index contributed by atoms with van der Waals surface area (Å²) in [6.45, 7) is 6.06. The van der Waals surface area contributed by atoms with Gasteiger partial charge in [0.15, 0.2) is 0 Å². The molecule has 0 fully saturated rings. The van der Waals surface area contributed by atoms with E-state index in [-0.39, 0.29) is 6.04 Å². The van der Waals surface area contributed by atoms with E-state index in [1.807, 2.05) is 32.8 Å². The molecule has 0 amide bonds. The highest BCUT2D eigenvalue weighted by Crippen LogP contribution is 2.15. The van der Waals surface area contributed by atoms with Crippen LogP contribution in [-0.2, 0) is 4.74 Å². The van der Waals surface area contributed by atoms with Crippen LogP contribution in [0.5, 0.6) is 0 Å². The van der Waals surface area contributed by atoms with E-state index in [1.54, 1.807) is 0 Å². The highest BCUT2D eigenvalue weighted by atomic mass is 16.5. The number of likely N-dealkylation sites (N-methyl/N-ethyl adjacent to an activating group) is 1. The van der Waals surface area contributed by atoms with Crippen LogP contribution >= 0.6 is 0 Å². The molecule has 1 heterocycles. The molecule has 0 bridgehead atoms. The van der Waals surface area contributed by atoms with E-state index in [1.165, 1.54) is 0 Å². The van der Waals surface area contributed by atoms with Gasteiger partial charge in [0.1, 0.15) is 0 Å². The molecule has 1 unspecified atom stereocenters. The van der Waals surface area contributed by atoms with Gasteiger partial charge in [-0.3, -0.25) is 0 Å². The quantitative estimate of drug-likeness (QED) is 0.697. The molecule has 1 aromatic rings. The molecule has 0 saturated heterocycles. The number of hydrogen-bond acceptors (Lipinski definition) is 6. The molecule has 92 valence electrons. The Kier molecular flexibility index (Phi) is 5.21. The van der Waals surface area contributed by atoms with Crippen molar-refractivity contribution in [1.29, 1.82) is 0 Å². The van der Waals surface area contributed by atoms with Gasteiger partial charge in [-0.05, 0) is 20.9 Å². The maximum Gasteiger partial charge on any atom is 0.318 e. The van der Waals surface area contributed by atoms with Crippen molar-refractivity contribution in [3.8, 4) is 0 Å². The van der Waals surface area contributed by atoms with Gasteiger partial charge in [-0.15, -0.1) is 5.10 Å². The zero-order valence-electron chi connectivity index (χ0n) is 10.4. The average Bonchev–Trinajstić information content (AvgIpc) is 2.77. The maximum atomic E-state index is 5.51.